The summed E-state index contributed by atoms with van der Waals surface area (Å²) in [5.74, 6) is 0.0912. The predicted octanol–water partition coefficient (Wildman–Crippen LogP) is 0.929. The number of H-pyrrole nitrogens is 1. The van der Waals surface area contributed by atoms with Crippen molar-refractivity contribution in [2.45, 2.75) is 17.9 Å². The van der Waals surface area contributed by atoms with E-state index in [-0.39, 0.29) is 23.5 Å². The molecule has 2 aromatic rings. The summed E-state index contributed by atoms with van der Waals surface area (Å²) in [5, 5.41) is 6.46. The third kappa shape index (κ3) is 3.64. The molecule has 27 heavy (non-hydrogen) atoms. The summed E-state index contributed by atoms with van der Waals surface area (Å²) >= 11 is 0. The van der Waals surface area contributed by atoms with Crippen molar-refractivity contribution in [2.75, 3.05) is 39.4 Å². The summed E-state index contributed by atoms with van der Waals surface area (Å²) < 4.78 is 38.1. The van der Waals surface area contributed by atoms with Gasteiger partial charge in [0, 0.05) is 32.4 Å². The number of ether oxygens (including phenoxy) is 1. The molecule has 10 heteroatoms. The summed E-state index contributed by atoms with van der Waals surface area (Å²) in [6, 6.07) is 4.74. The van der Waals surface area contributed by atoms with Crippen LogP contribution in [0, 0.1) is 5.92 Å². The van der Waals surface area contributed by atoms with E-state index in [0.717, 1.165) is 0 Å². The van der Waals surface area contributed by atoms with E-state index in [1.165, 1.54) is 10.4 Å². The lowest BCUT2D eigenvalue weighted by molar-refractivity contribution is -0.140. The van der Waals surface area contributed by atoms with Crippen molar-refractivity contribution in [3.8, 4) is 11.5 Å². The number of hydrogen-bond donors (Lipinski definition) is 1. The summed E-state index contributed by atoms with van der Waals surface area (Å²) in [4.78, 5) is 14.5. The van der Waals surface area contributed by atoms with Gasteiger partial charge in [0.05, 0.1) is 19.1 Å². The topological polar surface area (TPSA) is 109 Å². The van der Waals surface area contributed by atoms with Crippen LogP contribution in [0.15, 0.2) is 33.9 Å². The van der Waals surface area contributed by atoms with Crippen LogP contribution in [0.1, 0.15) is 12.8 Å². The summed E-state index contributed by atoms with van der Waals surface area (Å²) in [7, 11) is -3.79. The molecule has 2 aliphatic heterocycles. The fourth-order valence-corrected chi connectivity index (χ4v) is 4.96. The van der Waals surface area contributed by atoms with E-state index in [4.69, 9.17) is 9.15 Å². The minimum atomic E-state index is -3.79. The van der Waals surface area contributed by atoms with Crippen LogP contribution < -0.4 is 0 Å². The van der Waals surface area contributed by atoms with Gasteiger partial charge < -0.3 is 14.1 Å². The van der Waals surface area contributed by atoms with Crippen LogP contribution in [-0.2, 0) is 19.6 Å². The van der Waals surface area contributed by atoms with Crippen molar-refractivity contribution >= 4 is 15.9 Å². The van der Waals surface area contributed by atoms with Gasteiger partial charge in [-0.15, -0.1) is 0 Å². The number of hydrogen-bond acceptors (Lipinski definition) is 6. The summed E-state index contributed by atoms with van der Waals surface area (Å²) in [6.07, 6.45) is 2.91. The maximum atomic E-state index is 13.0. The van der Waals surface area contributed by atoms with Gasteiger partial charge in [-0.25, -0.2) is 8.42 Å². The Morgan fingerprint density at radius 1 is 1.19 bits per heavy atom. The average Bonchev–Trinajstić information content (AvgIpc) is 3.40. The van der Waals surface area contributed by atoms with E-state index in [9.17, 15) is 13.2 Å². The smallest absolute Gasteiger partial charge is 0.276 e. The summed E-state index contributed by atoms with van der Waals surface area (Å²) in [6.45, 7) is 2.75. The van der Waals surface area contributed by atoms with Crippen LogP contribution in [0.2, 0.25) is 0 Å². The van der Waals surface area contributed by atoms with Crippen LogP contribution >= 0.6 is 0 Å². The molecule has 0 bridgehead atoms. The predicted molar refractivity (Wildman–Crippen MR) is 95.2 cm³/mol. The maximum absolute atomic E-state index is 13.0. The van der Waals surface area contributed by atoms with Gasteiger partial charge in [-0.2, -0.15) is 9.40 Å². The van der Waals surface area contributed by atoms with Crippen LogP contribution in [-0.4, -0.2) is 73.1 Å². The van der Waals surface area contributed by atoms with E-state index in [1.807, 2.05) is 0 Å². The van der Waals surface area contributed by atoms with Gasteiger partial charge in [-0.3, -0.25) is 9.89 Å². The normalized spacial score (nSPS) is 22.1. The third-order valence-corrected chi connectivity index (χ3v) is 6.74. The minimum absolute atomic E-state index is 0.00999. The molecule has 0 saturated carbocycles. The monoisotopic (exact) mass is 394 g/mol. The molecule has 2 saturated heterocycles. The molecule has 2 aromatic heterocycles. The van der Waals surface area contributed by atoms with E-state index in [1.54, 1.807) is 23.2 Å². The second-order valence-corrected chi connectivity index (χ2v) is 8.60. The Hall–Kier alpha value is -2.17. The van der Waals surface area contributed by atoms with E-state index < -0.39 is 10.0 Å². The van der Waals surface area contributed by atoms with Crippen molar-refractivity contribution in [3.63, 3.8) is 0 Å². The number of nitrogens with zero attached hydrogens (tertiary/aromatic N) is 3. The van der Waals surface area contributed by atoms with Crippen molar-refractivity contribution < 1.29 is 22.4 Å². The molecule has 1 unspecified atom stereocenters. The van der Waals surface area contributed by atoms with E-state index in [0.29, 0.717) is 57.1 Å². The zero-order valence-electron chi connectivity index (χ0n) is 14.8. The number of amides is 1. The number of carbonyl (C=O) groups excluding carboxylic acids is 1. The standard InChI is InChI=1S/C17H22N4O5S/c22-17(20-8-10-25-11-9-20)13-2-1-7-21(12-13)27(23,24)16-4-3-15(26-16)14-5-6-18-19-14/h3-6,13H,1-2,7-12H2,(H,18,19). The number of aromatic nitrogens is 2. The lowest BCUT2D eigenvalue weighted by Gasteiger charge is -2.35. The largest absolute Gasteiger partial charge is 0.442 e. The molecule has 1 amide bonds. The third-order valence-electron chi connectivity index (χ3n) is 5.00. The first-order valence-electron chi connectivity index (χ1n) is 9.02. The van der Waals surface area contributed by atoms with Crippen LogP contribution in [0.3, 0.4) is 0 Å². The number of aromatic amines is 1. The number of rotatable bonds is 4. The number of morpholine rings is 1. The molecule has 9 nitrogen and oxygen atoms in total. The van der Waals surface area contributed by atoms with Gasteiger partial charge in [-0.1, -0.05) is 0 Å². The Bertz CT molecular complexity index is 886. The van der Waals surface area contributed by atoms with Gasteiger partial charge in [0.15, 0.2) is 5.76 Å². The Morgan fingerprint density at radius 2 is 2.00 bits per heavy atom. The fraction of sp³-hybridized carbons (Fsp3) is 0.529. The van der Waals surface area contributed by atoms with Crippen LogP contribution in [0.25, 0.3) is 11.5 Å². The molecule has 4 heterocycles. The Kier molecular flexibility index (Phi) is 5.02. The first-order chi connectivity index (χ1) is 13.1. The molecule has 0 aliphatic carbocycles. The van der Waals surface area contributed by atoms with E-state index >= 15 is 0 Å². The molecule has 2 fully saturated rings. The lowest BCUT2D eigenvalue weighted by atomic mass is 9.98. The molecule has 1 N–H and O–H groups in total. The van der Waals surface area contributed by atoms with Crippen molar-refractivity contribution in [2.24, 2.45) is 5.92 Å². The summed E-state index contributed by atoms with van der Waals surface area (Å²) in [5.41, 5.74) is 0.607. The van der Waals surface area contributed by atoms with Crippen LogP contribution in [0.5, 0.6) is 0 Å². The molecule has 146 valence electrons. The minimum Gasteiger partial charge on any atom is -0.442 e. The Labute approximate surface area is 157 Å². The molecule has 1 atom stereocenters. The van der Waals surface area contributed by atoms with Crippen molar-refractivity contribution in [1.82, 2.24) is 19.4 Å². The molecule has 0 spiro atoms. The van der Waals surface area contributed by atoms with Gasteiger partial charge in [0.2, 0.25) is 11.0 Å². The SMILES string of the molecule is O=C(C1CCCN(S(=O)(=O)c2ccc(-c3ccn[nH]3)o2)C1)N1CCOCC1. The van der Waals surface area contributed by atoms with Crippen LogP contribution in [0.4, 0.5) is 0 Å². The highest BCUT2D eigenvalue weighted by Gasteiger charge is 2.36. The second-order valence-electron chi connectivity index (χ2n) is 6.73. The number of sulfonamides is 1. The van der Waals surface area contributed by atoms with Gasteiger partial charge in [-0.05, 0) is 31.0 Å². The quantitative estimate of drug-likeness (QED) is 0.826. The molecule has 0 aromatic carbocycles. The highest BCUT2D eigenvalue weighted by Crippen LogP contribution is 2.28. The second kappa shape index (κ2) is 7.45. The molecule has 2 aliphatic rings. The lowest BCUT2D eigenvalue weighted by Crippen LogP contribution is -2.49. The molecular weight excluding hydrogens is 372 g/mol. The van der Waals surface area contributed by atoms with Crippen molar-refractivity contribution in [3.05, 3.63) is 24.4 Å². The highest BCUT2D eigenvalue weighted by atomic mass is 32.2. The van der Waals surface area contributed by atoms with Gasteiger partial charge >= 0.3 is 0 Å². The first kappa shape index (κ1) is 18.2. The number of piperidine rings is 1. The average molecular weight is 394 g/mol. The first-order valence-corrected chi connectivity index (χ1v) is 10.5. The number of furan rings is 1. The number of nitrogens with one attached hydrogen (secondary N) is 1. The fourth-order valence-electron chi connectivity index (χ4n) is 3.53. The number of carbonyl (C=O) groups is 1. The van der Waals surface area contributed by atoms with Crippen molar-refractivity contribution in [1.29, 1.82) is 0 Å². The Morgan fingerprint density at radius 3 is 2.74 bits per heavy atom. The maximum Gasteiger partial charge on any atom is 0.276 e. The Balaban J connectivity index is 1.49. The zero-order valence-corrected chi connectivity index (χ0v) is 15.7. The van der Waals surface area contributed by atoms with Gasteiger partial charge in [0.1, 0.15) is 5.69 Å². The van der Waals surface area contributed by atoms with E-state index in [2.05, 4.69) is 10.2 Å². The zero-order chi connectivity index (χ0) is 18.9. The molecular formula is C17H22N4O5S. The molecule has 4 rings (SSSR count). The van der Waals surface area contributed by atoms with Gasteiger partial charge in [0.25, 0.3) is 10.0 Å². The molecule has 0 radical (unpaired) electrons. The highest BCUT2D eigenvalue weighted by molar-refractivity contribution is 7.89.